The lowest BCUT2D eigenvalue weighted by atomic mass is 10.1. The van der Waals surface area contributed by atoms with Crippen LogP contribution in [0.1, 0.15) is 18.1 Å². The molecule has 2 unspecified atom stereocenters. The van der Waals surface area contributed by atoms with Crippen LogP contribution < -0.4 is 4.90 Å². The van der Waals surface area contributed by atoms with E-state index in [0.29, 0.717) is 5.96 Å². The normalized spacial score (nSPS) is 22.9. The second-order valence-electron chi connectivity index (χ2n) is 7.88. The lowest BCUT2D eigenvalue weighted by Gasteiger charge is -2.40. The third kappa shape index (κ3) is 2.62. The number of benzene rings is 2. The number of para-hydroxylation sites is 1. The summed E-state index contributed by atoms with van der Waals surface area (Å²) in [5.74, 6) is 0.462. The maximum Gasteiger partial charge on any atom is 0.328 e. The van der Waals surface area contributed by atoms with Crippen LogP contribution >= 0.6 is 0 Å². The van der Waals surface area contributed by atoms with E-state index >= 15 is 0 Å². The number of anilines is 1. The van der Waals surface area contributed by atoms with Crippen molar-refractivity contribution < 1.29 is 9.59 Å². The molecule has 2 aromatic carbocycles. The summed E-state index contributed by atoms with van der Waals surface area (Å²) < 4.78 is 0. The fourth-order valence-corrected chi connectivity index (χ4v) is 4.35. The number of rotatable bonds is 3. The molecule has 2 atom stereocenters. The number of guanidine groups is 1. The minimum Gasteiger partial charge on any atom is -0.302 e. The Bertz CT molecular complexity index is 1090. The third-order valence-electron chi connectivity index (χ3n) is 5.99. The van der Waals surface area contributed by atoms with E-state index < -0.39 is 12.2 Å². The first-order chi connectivity index (χ1) is 14.5. The van der Waals surface area contributed by atoms with Crippen LogP contribution in [0, 0.1) is 6.92 Å². The van der Waals surface area contributed by atoms with Crippen molar-refractivity contribution in [2.75, 3.05) is 11.9 Å². The summed E-state index contributed by atoms with van der Waals surface area (Å²) in [6.07, 6.45) is 1.41. The van der Waals surface area contributed by atoms with Gasteiger partial charge >= 0.3 is 6.03 Å². The summed E-state index contributed by atoms with van der Waals surface area (Å²) in [6.45, 7) is 4.24. The van der Waals surface area contributed by atoms with E-state index in [-0.39, 0.29) is 18.5 Å². The van der Waals surface area contributed by atoms with Gasteiger partial charge in [0.05, 0.1) is 6.54 Å². The fourth-order valence-electron chi connectivity index (χ4n) is 4.35. The maximum atomic E-state index is 13.5. The number of carbonyl (C=O) groups excluding carboxylic acids is 2. The zero-order valence-corrected chi connectivity index (χ0v) is 17.2. The first kappa shape index (κ1) is 18.4. The Kier molecular flexibility index (Phi) is 4.13. The topological polar surface area (TPSA) is 59.5 Å². The number of carbonyl (C=O) groups is 2. The molecule has 7 nitrogen and oxygen atoms in total. The van der Waals surface area contributed by atoms with E-state index in [1.807, 2.05) is 84.4 Å². The largest absolute Gasteiger partial charge is 0.328 e. The summed E-state index contributed by atoms with van der Waals surface area (Å²) in [5, 5.41) is 0. The molecular formula is C23H23N5O2. The van der Waals surface area contributed by atoms with Crippen molar-refractivity contribution in [3.05, 3.63) is 77.6 Å². The third-order valence-corrected chi connectivity index (χ3v) is 5.99. The molecule has 0 N–H and O–H groups in total. The van der Waals surface area contributed by atoms with Crippen LogP contribution in [0.5, 0.6) is 0 Å². The number of urea groups is 1. The highest BCUT2D eigenvalue weighted by atomic mass is 16.2. The Hall–Kier alpha value is -3.61. The van der Waals surface area contributed by atoms with E-state index in [9.17, 15) is 9.59 Å². The number of aliphatic imine (C=N–C) groups is 1. The molecule has 0 aromatic heterocycles. The second-order valence-corrected chi connectivity index (χ2v) is 7.88. The van der Waals surface area contributed by atoms with Gasteiger partial charge in [0.15, 0.2) is 12.2 Å². The van der Waals surface area contributed by atoms with Gasteiger partial charge in [-0.25, -0.2) is 9.79 Å². The van der Waals surface area contributed by atoms with Crippen molar-refractivity contribution in [1.82, 2.24) is 14.7 Å². The molecule has 7 heteroatoms. The second kappa shape index (κ2) is 6.73. The van der Waals surface area contributed by atoms with Gasteiger partial charge < -0.3 is 9.80 Å². The van der Waals surface area contributed by atoms with E-state index in [4.69, 9.17) is 4.99 Å². The first-order valence-electron chi connectivity index (χ1n) is 10.00. The molecular weight excluding hydrogens is 378 g/mol. The Balaban J connectivity index is 1.49. The van der Waals surface area contributed by atoms with Gasteiger partial charge in [-0.2, -0.15) is 0 Å². The summed E-state index contributed by atoms with van der Waals surface area (Å²) >= 11 is 0. The van der Waals surface area contributed by atoms with Gasteiger partial charge in [-0.1, -0.05) is 42.5 Å². The monoisotopic (exact) mass is 401 g/mol. The lowest BCUT2D eigenvalue weighted by molar-refractivity contribution is -0.137. The van der Waals surface area contributed by atoms with Crippen molar-refractivity contribution in [3.8, 4) is 0 Å². The Morgan fingerprint density at radius 3 is 2.40 bits per heavy atom. The van der Waals surface area contributed by atoms with Gasteiger partial charge in [-0.05, 0) is 37.1 Å². The number of amides is 3. The fraction of sp³-hybridized carbons (Fsp3) is 0.261. The molecule has 3 heterocycles. The molecule has 0 bridgehead atoms. The maximum absolute atomic E-state index is 13.5. The van der Waals surface area contributed by atoms with Crippen LogP contribution in [-0.4, -0.2) is 51.9 Å². The van der Waals surface area contributed by atoms with E-state index in [1.54, 1.807) is 11.9 Å². The summed E-state index contributed by atoms with van der Waals surface area (Å²) in [7, 11) is 1.72. The minimum atomic E-state index is -0.560. The molecule has 152 valence electrons. The van der Waals surface area contributed by atoms with Crippen LogP contribution in [0.2, 0.25) is 0 Å². The highest BCUT2D eigenvalue weighted by Gasteiger charge is 2.54. The molecule has 5 rings (SSSR count). The molecule has 30 heavy (non-hydrogen) atoms. The molecule has 1 fully saturated rings. The van der Waals surface area contributed by atoms with Crippen molar-refractivity contribution in [3.63, 3.8) is 0 Å². The summed E-state index contributed by atoms with van der Waals surface area (Å²) in [5.41, 5.74) is 3.98. The van der Waals surface area contributed by atoms with Crippen LogP contribution in [0.4, 0.5) is 10.5 Å². The average molecular weight is 401 g/mol. The van der Waals surface area contributed by atoms with Crippen molar-refractivity contribution in [2.24, 2.45) is 4.99 Å². The van der Waals surface area contributed by atoms with Gasteiger partial charge in [0.2, 0.25) is 5.96 Å². The average Bonchev–Trinajstić information content (AvgIpc) is 3.26. The number of nitrogens with zero attached hydrogens (tertiary/aromatic N) is 5. The van der Waals surface area contributed by atoms with Gasteiger partial charge in [0.25, 0.3) is 5.91 Å². The van der Waals surface area contributed by atoms with Crippen LogP contribution in [0.15, 0.2) is 71.5 Å². The molecule has 0 saturated carbocycles. The highest BCUT2D eigenvalue weighted by molar-refractivity contribution is 6.09. The lowest BCUT2D eigenvalue weighted by Crippen LogP contribution is -2.63. The first-order valence-corrected chi connectivity index (χ1v) is 10.00. The van der Waals surface area contributed by atoms with Gasteiger partial charge in [-0.15, -0.1) is 0 Å². The Labute approximate surface area is 175 Å². The Morgan fingerprint density at radius 1 is 0.967 bits per heavy atom. The van der Waals surface area contributed by atoms with Gasteiger partial charge in [0, 0.05) is 24.6 Å². The molecule has 0 radical (unpaired) electrons. The molecule has 3 aliphatic rings. The summed E-state index contributed by atoms with van der Waals surface area (Å²) in [4.78, 5) is 38.2. The van der Waals surface area contributed by atoms with E-state index in [0.717, 1.165) is 22.5 Å². The minimum absolute atomic E-state index is 0.218. The molecule has 0 spiro atoms. The smallest absolute Gasteiger partial charge is 0.302 e. The molecule has 2 aromatic rings. The number of fused-ring (bicyclic) bond motifs is 3. The standard InChI is InChI=1S/C23H23N5O2/c1-15-9-7-8-10-17(15)14-27-21(29)19-20(25(3)23(27)30)24-22-26(19)13-16(2)28(22)18-11-5-4-6-12-18/h4-13,19-20H,14H2,1-3H3. The van der Waals surface area contributed by atoms with Crippen LogP contribution in [-0.2, 0) is 11.3 Å². The number of likely N-dealkylation sites (N-methyl/N-ethyl adjacent to an activating group) is 1. The highest BCUT2D eigenvalue weighted by Crippen LogP contribution is 2.36. The molecule has 1 saturated heterocycles. The van der Waals surface area contributed by atoms with Crippen molar-refractivity contribution in [2.45, 2.75) is 32.6 Å². The van der Waals surface area contributed by atoms with E-state index in [2.05, 4.69) is 0 Å². The Morgan fingerprint density at radius 2 is 1.67 bits per heavy atom. The zero-order chi connectivity index (χ0) is 21.0. The van der Waals surface area contributed by atoms with Crippen LogP contribution in [0.3, 0.4) is 0 Å². The van der Waals surface area contributed by atoms with Crippen LogP contribution in [0.25, 0.3) is 0 Å². The van der Waals surface area contributed by atoms with Crippen molar-refractivity contribution in [1.29, 1.82) is 0 Å². The van der Waals surface area contributed by atoms with E-state index in [1.165, 1.54) is 4.90 Å². The van der Waals surface area contributed by atoms with Gasteiger partial charge in [-0.3, -0.25) is 14.6 Å². The SMILES string of the molecule is CC1=CN2C(=NC3C2C(=O)N(Cc2ccccc2C)C(=O)N3C)N1c1ccccc1. The molecule has 0 aliphatic carbocycles. The van der Waals surface area contributed by atoms with Crippen molar-refractivity contribution >= 4 is 23.6 Å². The summed E-state index contributed by atoms with van der Waals surface area (Å²) in [6, 6.07) is 16.9. The number of aryl methyl sites for hydroxylation is 1. The number of allylic oxidation sites excluding steroid dienone is 1. The quantitative estimate of drug-likeness (QED) is 0.793. The number of imide groups is 1. The molecule has 3 aliphatic heterocycles. The predicted octanol–water partition coefficient (Wildman–Crippen LogP) is 3.14. The predicted molar refractivity (Wildman–Crippen MR) is 114 cm³/mol. The molecule has 3 amide bonds. The number of hydrogen-bond donors (Lipinski definition) is 0. The zero-order valence-electron chi connectivity index (χ0n) is 17.2. The number of hydrogen-bond acceptors (Lipinski definition) is 5. The van der Waals surface area contributed by atoms with Gasteiger partial charge in [0.1, 0.15) is 0 Å².